The van der Waals surface area contributed by atoms with Gasteiger partial charge in [-0.25, -0.2) is 0 Å². The summed E-state index contributed by atoms with van der Waals surface area (Å²) in [4.78, 5) is 27.3. The van der Waals surface area contributed by atoms with Gasteiger partial charge in [-0.2, -0.15) is 5.10 Å². The highest BCUT2D eigenvalue weighted by Crippen LogP contribution is 2.23. The number of hydrogen-bond acceptors (Lipinski definition) is 4. The van der Waals surface area contributed by atoms with E-state index in [0.29, 0.717) is 37.6 Å². The van der Waals surface area contributed by atoms with Crippen molar-refractivity contribution in [2.75, 3.05) is 31.6 Å². The van der Waals surface area contributed by atoms with E-state index in [-0.39, 0.29) is 18.4 Å². The molecule has 2 heterocycles. The normalized spacial score (nSPS) is 13.8. The van der Waals surface area contributed by atoms with Crippen molar-refractivity contribution in [1.29, 1.82) is 0 Å². The molecular weight excluding hydrogens is 392 g/mol. The fourth-order valence-corrected chi connectivity index (χ4v) is 3.78. The zero-order valence-electron chi connectivity index (χ0n) is 17.8. The number of carbonyl (C=O) groups excluding carboxylic acids is 2. The lowest BCUT2D eigenvalue weighted by Gasteiger charge is -2.27. The van der Waals surface area contributed by atoms with Gasteiger partial charge < -0.3 is 15.0 Å². The first kappa shape index (κ1) is 20.8. The Morgan fingerprint density at radius 3 is 2.52 bits per heavy atom. The van der Waals surface area contributed by atoms with Crippen LogP contribution >= 0.6 is 0 Å². The summed E-state index contributed by atoms with van der Waals surface area (Å²) < 4.78 is 6.97. The number of carbonyl (C=O) groups is 2. The molecule has 0 spiro atoms. The molecule has 31 heavy (non-hydrogen) atoms. The summed E-state index contributed by atoms with van der Waals surface area (Å²) in [5.41, 5.74) is 4.93. The van der Waals surface area contributed by atoms with E-state index >= 15 is 0 Å². The van der Waals surface area contributed by atoms with Crippen LogP contribution in [0.5, 0.6) is 0 Å². The maximum atomic E-state index is 12.9. The Kier molecular flexibility index (Phi) is 6.13. The third-order valence-corrected chi connectivity index (χ3v) is 5.47. The van der Waals surface area contributed by atoms with Gasteiger partial charge in [0, 0.05) is 36.1 Å². The Balaban J connectivity index is 1.46. The summed E-state index contributed by atoms with van der Waals surface area (Å²) in [6.07, 6.45) is 1.88. The zero-order valence-corrected chi connectivity index (χ0v) is 17.8. The van der Waals surface area contributed by atoms with Crippen LogP contribution in [-0.2, 0) is 16.1 Å². The predicted octanol–water partition coefficient (Wildman–Crippen LogP) is 3.28. The third kappa shape index (κ3) is 4.67. The fraction of sp³-hybridized carbons (Fsp3) is 0.292. The van der Waals surface area contributed by atoms with E-state index in [1.165, 1.54) is 0 Å². The molecule has 0 radical (unpaired) electrons. The van der Waals surface area contributed by atoms with Crippen molar-refractivity contribution in [2.24, 2.45) is 0 Å². The SMILES string of the molecule is Cc1nn(CC(=O)Nc2cccc(C(=O)N3CCOCC3)c2C)cc1-c1ccccc1. The van der Waals surface area contributed by atoms with Crippen LogP contribution in [0.1, 0.15) is 21.6 Å². The molecule has 0 atom stereocenters. The Hall–Kier alpha value is -3.45. The maximum Gasteiger partial charge on any atom is 0.254 e. The van der Waals surface area contributed by atoms with Crippen LogP contribution in [-0.4, -0.2) is 52.8 Å². The van der Waals surface area contributed by atoms with Crippen molar-refractivity contribution in [3.8, 4) is 11.1 Å². The molecule has 0 bridgehead atoms. The molecule has 1 fully saturated rings. The van der Waals surface area contributed by atoms with Gasteiger partial charge in [0.05, 0.1) is 18.9 Å². The van der Waals surface area contributed by atoms with E-state index in [0.717, 1.165) is 22.4 Å². The van der Waals surface area contributed by atoms with Crippen LogP contribution in [0.4, 0.5) is 5.69 Å². The van der Waals surface area contributed by atoms with Crippen LogP contribution in [0.15, 0.2) is 54.7 Å². The maximum absolute atomic E-state index is 12.9. The van der Waals surface area contributed by atoms with Gasteiger partial charge in [0.1, 0.15) is 6.54 Å². The molecule has 0 aliphatic carbocycles. The molecule has 1 aromatic heterocycles. The van der Waals surface area contributed by atoms with Crippen molar-refractivity contribution >= 4 is 17.5 Å². The molecule has 7 heteroatoms. The third-order valence-electron chi connectivity index (χ3n) is 5.47. The summed E-state index contributed by atoms with van der Waals surface area (Å²) in [7, 11) is 0. The average molecular weight is 418 g/mol. The lowest BCUT2D eigenvalue weighted by atomic mass is 10.0. The average Bonchev–Trinajstić information content (AvgIpc) is 3.15. The van der Waals surface area contributed by atoms with Crippen molar-refractivity contribution in [2.45, 2.75) is 20.4 Å². The van der Waals surface area contributed by atoms with Crippen molar-refractivity contribution in [3.05, 3.63) is 71.5 Å². The number of aryl methyl sites for hydroxylation is 1. The monoisotopic (exact) mass is 418 g/mol. The molecule has 1 N–H and O–H groups in total. The first-order valence-corrected chi connectivity index (χ1v) is 10.4. The van der Waals surface area contributed by atoms with Gasteiger partial charge in [-0.15, -0.1) is 0 Å². The number of ether oxygens (including phenoxy) is 1. The molecule has 3 aromatic rings. The van der Waals surface area contributed by atoms with Crippen molar-refractivity contribution in [3.63, 3.8) is 0 Å². The Morgan fingerprint density at radius 2 is 1.77 bits per heavy atom. The molecule has 4 rings (SSSR count). The topological polar surface area (TPSA) is 76.5 Å². The number of rotatable bonds is 5. The second-order valence-corrected chi connectivity index (χ2v) is 7.62. The Morgan fingerprint density at radius 1 is 1.03 bits per heavy atom. The first-order chi connectivity index (χ1) is 15.0. The van der Waals surface area contributed by atoms with Gasteiger partial charge in [-0.1, -0.05) is 36.4 Å². The van der Waals surface area contributed by atoms with Gasteiger partial charge in [0.25, 0.3) is 5.91 Å². The lowest BCUT2D eigenvalue weighted by molar-refractivity contribution is -0.116. The molecule has 1 saturated heterocycles. The number of benzene rings is 2. The molecule has 2 amide bonds. The predicted molar refractivity (Wildman–Crippen MR) is 119 cm³/mol. The van der Waals surface area contributed by atoms with Gasteiger partial charge >= 0.3 is 0 Å². The number of nitrogens with one attached hydrogen (secondary N) is 1. The van der Waals surface area contributed by atoms with Crippen molar-refractivity contribution in [1.82, 2.24) is 14.7 Å². The second kappa shape index (κ2) is 9.14. The molecule has 1 aliphatic heterocycles. The molecule has 0 unspecified atom stereocenters. The molecule has 1 aliphatic rings. The minimum Gasteiger partial charge on any atom is -0.378 e. The van der Waals surface area contributed by atoms with E-state index in [2.05, 4.69) is 10.4 Å². The van der Waals surface area contributed by atoms with Crippen LogP contribution in [0.2, 0.25) is 0 Å². The molecule has 7 nitrogen and oxygen atoms in total. The highest BCUT2D eigenvalue weighted by molar-refractivity contribution is 5.99. The van der Waals surface area contributed by atoms with Crippen LogP contribution in [0.25, 0.3) is 11.1 Å². The smallest absolute Gasteiger partial charge is 0.254 e. The fourth-order valence-electron chi connectivity index (χ4n) is 3.78. The van der Waals surface area contributed by atoms with E-state index in [1.807, 2.05) is 56.4 Å². The van der Waals surface area contributed by atoms with E-state index in [4.69, 9.17) is 4.74 Å². The highest BCUT2D eigenvalue weighted by Gasteiger charge is 2.21. The number of morpholine rings is 1. The number of amides is 2. The minimum absolute atomic E-state index is 0.0351. The largest absolute Gasteiger partial charge is 0.378 e. The van der Waals surface area contributed by atoms with E-state index in [1.54, 1.807) is 21.7 Å². The first-order valence-electron chi connectivity index (χ1n) is 10.4. The number of anilines is 1. The van der Waals surface area contributed by atoms with Gasteiger partial charge in [0.2, 0.25) is 5.91 Å². The Labute approximate surface area is 181 Å². The Bertz CT molecular complexity index is 1090. The number of hydrogen-bond donors (Lipinski definition) is 1. The van der Waals surface area contributed by atoms with Crippen LogP contribution in [0, 0.1) is 13.8 Å². The quantitative estimate of drug-likeness (QED) is 0.690. The zero-order chi connectivity index (χ0) is 21.8. The highest BCUT2D eigenvalue weighted by atomic mass is 16.5. The minimum atomic E-state index is -0.193. The summed E-state index contributed by atoms with van der Waals surface area (Å²) in [6.45, 7) is 6.14. The molecule has 0 saturated carbocycles. The van der Waals surface area contributed by atoms with Gasteiger partial charge in [-0.05, 0) is 37.1 Å². The second-order valence-electron chi connectivity index (χ2n) is 7.62. The molecule has 2 aromatic carbocycles. The van der Waals surface area contributed by atoms with Gasteiger partial charge in [0.15, 0.2) is 0 Å². The lowest BCUT2D eigenvalue weighted by Crippen LogP contribution is -2.41. The molecular formula is C24H26N4O3. The van der Waals surface area contributed by atoms with Crippen LogP contribution in [0.3, 0.4) is 0 Å². The van der Waals surface area contributed by atoms with E-state index in [9.17, 15) is 9.59 Å². The number of nitrogens with zero attached hydrogens (tertiary/aromatic N) is 3. The van der Waals surface area contributed by atoms with Crippen LogP contribution < -0.4 is 5.32 Å². The standard InChI is InChI=1S/C24H26N4O3/c1-17-20(24(30)27-11-13-31-14-12-27)9-6-10-22(17)25-23(29)16-28-15-21(18(2)26-28)19-7-4-3-5-8-19/h3-10,15H,11-14,16H2,1-2H3,(H,25,29). The summed E-state index contributed by atoms with van der Waals surface area (Å²) >= 11 is 0. The van der Waals surface area contributed by atoms with Gasteiger partial charge in [-0.3, -0.25) is 14.3 Å². The summed E-state index contributed by atoms with van der Waals surface area (Å²) in [5.74, 6) is -0.228. The molecule has 160 valence electrons. The number of aromatic nitrogens is 2. The van der Waals surface area contributed by atoms with E-state index < -0.39 is 0 Å². The summed E-state index contributed by atoms with van der Waals surface area (Å²) in [6, 6.07) is 15.4. The summed E-state index contributed by atoms with van der Waals surface area (Å²) in [5, 5.41) is 7.41. The van der Waals surface area contributed by atoms with Crippen molar-refractivity contribution < 1.29 is 14.3 Å².